The molecule has 2 nitrogen and oxygen atoms in total. The van der Waals surface area contributed by atoms with Crippen molar-refractivity contribution in [2.45, 2.75) is 0 Å². The second-order valence-electron chi connectivity index (χ2n) is 3.66. The standard InChI is InChI=1S/C13H6Cl2O2/c14-8-5-6-10-11(12(8)15)13(16)7-3-1-2-4-9(7)17-10/h1-6H. The molecule has 4 heteroatoms. The Kier molecular flexibility index (Phi) is 2.35. The first-order chi connectivity index (χ1) is 8.18. The van der Waals surface area contributed by atoms with Gasteiger partial charge in [0.2, 0.25) is 5.43 Å². The molecule has 0 radical (unpaired) electrons. The van der Waals surface area contributed by atoms with Crippen molar-refractivity contribution in [1.29, 1.82) is 0 Å². The molecule has 3 aromatic rings. The van der Waals surface area contributed by atoms with Crippen LogP contribution in [0.2, 0.25) is 10.0 Å². The minimum Gasteiger partial charge on any atom is -0.456 e. The molecular weight excluding hydrogens is 259 g/mol. The Bertz CT molecular complexity index is 790. The molecule has 0 atom stereocenters. The molecule has 0 spiro atoms. The van der Waals surface area contributed by atoms with Crippen LogP contribution in [0.4, 0.5) is 0 Å². The van der Waals surface area contributed by atoms with E-state index in [1.165, 1.54) is 0 Å². The Morgan fingerprint density at radius 1 is 0.941 bits per heavy atom. The van der Waals surface area contributed by atoms with E-state index >= 15 is 0 Å². The summed E-state index contributed by atoms with van der Waals surface area (Å²) in [6.45, 7) is 0. The predicted octanol–water partition coefficient (Wildman–Crippen LogP) is 4.25. The van der Waals surface area contributed by atoms with E-state index in [9.17, 15) is 4.79 Å². The predicted molar refractivity (Wildman–Crippen MR) is 70.0 cm³/mol. The minimum atomic E-state index is -0.158. The van der Waals surface area contributed by atoms with E-state index in [4.69, 9.17) is 27.6 Å². The van der Waals surface area contributed by atoms with E-state index in [0.29, 0.717) is 27.0 Å². The van der Waals surface area contributed by atoms with Crippen molar-refractivity contribution in [3.8, 4) is 0 Å². The third-order valence-electron chi connectivity index (χ3n) is 2.64. The molecule has 0 saturated carbocycles. The van der Waals surface area contributed by atoms with Crippen molar-refractivity contribution in [3.63, 3.8) is 0 Å². The lowest BCUT2D eigenvalue weighted by atomic mass is 10.1. The van der Waals surface area contributed by atoms with Crippen LogP contribution < -0.4 is 5.43 Å². The molecule has 0 saturated heterocycles. The maximum atomic E-state index is 12.3. The van der Waals surface area contributed by atoms with E-state index in [0.717, 1.165) is 0 Å². The first-order valence-electron chi connectivity index (χ1n) is 4.98. The highest BCUT2D eigenvalue weighted by atomic mass is 35.5. The number of halogens is 2. The van der Waals surface area contributed by atoms with Gasteiger partial charge in [-0.15, -0.1) is 0 Å². The molecule has 0 amide bonds. The van der Waals surface area contributed by atoms with Crippen LogP contribution in [0.5, 0.6) is 0 Å². The maximum absolute atomic E-state index is 12.3. The lowest BCUT2D eigenvalue weighted by Crippen LogP contribution is -2.02. The summed E-state index contributed by atoms with van der Waals surface area (Å²) in [4.78, 5) is 12.3. The first-order valence-corrected chi connectivity index (χ1v) is 5.73. The van der Waals surface area contributed by atoms with Crippen molar-refractivity contribution < 1.29 is 4.42 Å². The molecule has 0 fully saturated rings. The quantitative estimate of drug-likeness (QED) is 0.568. The van der Waals surface area contributed by atoms with E-state index in [2.05, 4.69) is 0 Å². The van der Waals surface area contributed by atoms with Gasteiger partial charge in [0.25, 0.3) is 0 Å². The molecule has 1 aromatic heterocycles. The Balaban J connectivity index is 2.66. The molecule has 1 heterocycles. The van der Waals surface area contributed by atoms with Crippen molar-refractivity contribution in [3.05, 3.63) is 56.7 Å². The number of benzene rings is 2. The number of hydrogen-bond acceptors (Lipinski definition) is 2. The van der Waals surface area contributed by atoms with Crippen molar-refractivity contribution >= 4 is 45.1 Å². The number of fused-ring (bicyclic) bond motifs is 2. The van der Waals surface area contributed by atoms with Crippen LogP contribution in [-0.4, -0.2) is 0 Å². The molecule has 2 aromatic carbocycles. The monoisotopic (exact) mass is 264 g/mol. The lowest BCUT2D eigenvalue weighted by molar-refractivity contribution is 0.660. The number of hydrogen-bond donors (Lipinski definition) is 0. The summed E-state index contributed by atoms with van der Waals surface area (Å²) in [6.07, 6.45) is 0. The fourth-order valence-corrected chi connectivity index (χ4v) is 2.23. The fraction of sp³-hybridized carbons (Fsp3) is 0. The molecule has 0 N–H and O–H groups in total. The zero-order valence-electron chi connectivity index (χ0n) is 8.54. The van der Waals surface area contributed by atoms with Gasteiger partial charge < -0.3 is 4.42 Å². The zero-order valence-corrected chi connectivity index (χ0v) is 10.0. The molecule has 3 rings (SSSR count). The summed E-state index contributed by atoms with van der Waals surface area (Å²) in [5.74, 6) is 0. The summed E-state index contributed by atoms with van der Waals surface area (Å²) in [5, 5.41) is 1.42. The Hall–Kier alpha value is -1.51. The summed E-state index contributed by atoms with van der Waals surface area (Å²) >= 11 is 11.9. The van der Waals surface area contributed by atoms with Gasteiger partial charge in [-0.2, -0.15) is 0 Å². The molecule has 0 unspecified atom stereocenters. The largest absolute Gasteiger partial charge is 0.456 e. The van der Waals surface area contributed by atoms with Gasteiger partial charge in [-0.25, -0.2) is 0 Å². The van der Waals surface area contributed by atoms with Crippen LogP contribution in [0.1, 0.15) is 0 Å². The highest BCUT2D eigenvalue weighted by molar-refractivity contribution is 6.45. The zero-order chi connectivity index (χ0) is 12.0. The van der Waals surface area contributed by atoms with E-state index in [1.54, 1.807) is 30.3 Å². The molecule has 84 valence electrons. The third kappa shape index (κ3) is 1.53. The van der Waals surface area contributed by atoms with E-state index in [-0.39, 0.29) is 10.5 Å². The van der Waals surface area contributed by atoms with Gasteiger partial charge in [0.15, 0.2) is 0 Å². The maximum Gasteiger partial charge on any atom is 0.202 e. The van der Waals surface area contributed by atoms with Gasteiger partial charge in [0.05, 0.1) is 20.8 Å². The molecule has 0 aliphatic carbocycles. The van der Waals surface area contributed by atoms with Crippen LogP contribution in [0.3, 0.4) is 0 Å². The van der Waals surface area contributed by atoms with Crippen molar-refractivity contribution in [1.82, 2.24) is 0 Å². The van der Waals surface area contributed by atoms with Crippen molar-refractivity contribution in [2.24, 2.45) is 0 Å². The number of para-hydroxylation sites is 1. The van der Waals surface area contributed by atoms with Gasteiger partial charge in [-0.05, 0) is 24.3 Å². The van der Waals surface area contributed by atoms with Crippen LogP contribution in [0.15, 0.2) is 45.6 Å². The average molecular weight is 265 g/mol. The van der Waals surface area contributed by atoms with Gasteiger partial charge in [-0.1, -0.05) is 35.3 Å². The Morgan fingerprint density at radius 2 is 1.71 bits per heavy atom. The average Bonchev–Trinajstić information content (AvgIpc) is 2.34. The Labute approximate surface area is 106 Å². The minimum absolute atomic E-state index is 0.158. The molecule has 0 bridgehead atoms. The molecule has 17 heavy (non-hydrogen) atoms. The molecule has 0 aliphatic heterocycles. The second-order valence-corrected chi connectivity index (χ2v) is 4.45. The summed E-state index contributed by atoms with van der Waals surface area (Å²) in [7, 11) is 0. The first kappa shape index (κ1) is 10.6. The summed E-state index contributed by atoms with van der Waals surface area (Å²) in [6, 6.07) is 10.3. The van der Waals surface area contributed by atoms with Crippen LogP contribution >= 0.6 is 23.2 Å². The highest BCUT2D eigenvalue weighted by Crippen LogP contribution is 2.30. The van der Waals surface area contributed by atoms with Gasteiger partial charge in [-0.3, -0.25) is 4.79 Å². The van der Waals surface area contributed by atoms with E-state index < -0.39 is 0 Å². The Morgan fingerprint density at radius 3 is 2.53 bits per heavy atom. The fourth-order valence-electron chi connectivity index (χ4n) is 1.83. The van der Waals surface area contributed by atoms with Gasteiger partial charge >= 0.3 is 0 Å². The van der Waals surface area contributed by atoms with Gasteiger partial charge in [0.1, 0.15) is 11.2 Å². The molecule has 0 aliphatic rings. The second kappa shape index (κ2) is 3.76. The van der Waals surface area contributed by atoms with Crippen molar-refractivity contribution in [2.75, 3.05) is 0 Å². The van der Waals surface area contributed by atoms with E-state index in [1.807, 2.05) is 6.07 Å². The summed E-state index contributed by atoms with van der Waals surface area (Å²) < 4.78 is 5.62. The van der Waals surface area contributed by atoms with Crippen LogP contribution in [-0.2, 0) is 0 Å². The highest BCUT2D eigenvalue weighted by Gasteiger charge is 2.12. The summed E-state index contributed by atoms with van der Waals surface area (Å²) in [5.41, 5.74) is 0.834. The normalized spacial score (nSPS) is 11.2. The number of rotatable bonds is 0. The smallest absolute Gasteiger partial charge is 0.202 e. The molecular formula is C13H6Cl2O2. The van der Waals surface area contributed by atoms with Crippen LogP contribution in [0, 0.1) is 0 Å². The van der Waals surface area contributed by atoms with Crippen LogP contribution in [0.25, 0.3) is 21.9 Å². The SMILES string of the molecule is O=c1c2ccccc2oc2ccc(Cl)c(Cl)c12. The van der Waals surface area contributed by atoms with Gasteiger partial charge in [0, 0.05) is 0 Å². The third-order valence-corrected chi connectivity index (χ3v) is 3.44. The topological polar surface area (TPSA) is 30.2 Å². The lowest BCUT2D eigenvalue weighted by Gasteiger charge is -2.03.